The minimum Gasteiger partial charge on any atom is -0.312 e. The molecule has 0 fully saturated rings. The number of rotatable bonds is 5. The highest BCUT2D eigenvalue weighted by atomic mass is 79.9. The van der Waals surface area contributed by atoms with Gasteiger partial charge in [0.1, 0.15) is 5.52 Å². The zero-order chi connectivity index (χ0) is 18.2. The molecule has 0 amide bonds. The molecule has 7 heteroatoms. The Morgan fingerprint density at radius 2 is 1.88 bits per heavy atom. The predicted octanol–water partition coefficient (Wildman–Crippen LogP) is 3.69. The fraction of sp³-hybridized carbons (Fsp3) is 0.167. The van der Waals surface area contributed by atoms with Crippen LogP contribution >= 0.6 is 15.9 Å². The first-order valence-electron chi connectivity index (χ1n) is 7.69. The number of halogens is 1. The van der Waals surface area contributed by atoms with Crippen molar-refractivity contribution >= 4 is 36.9 Å². The molecular formula is C18H17BrN2O3S. The van der Waals surface area contributed by atoms with E-state index >= 15 is 0 Å². The quantitative estimate of drug-likeness (QED) is 0.591. The summed E-state index contributed by atoms with van der Waals surface area (Å²) < 4.78 is 29.2. The second-order valence-corrected chi connectivity index (χ2v) is 8.41. The molecule has 0 aliphatic carbocycles. The summed E-state index contributed by atoms with van der Waals surface area (Å²) in [5.41, 5.74) is 0.755. The number of hydrogen-bond acceptors (Lipinski definition) is 3. The average Bonchev–Trinajstić information content (AvgIpc) is 3.04. The van der Waals surface area contributed by atoms with E-state index in [1.165, 1.54) is 10.8 Å². The lowest BCUT2D eigenvalue weighted by atomic mass is 10.2. The van der Waals surface area contributed by atoms with Crippen LogP contribution < -0.4 is 5.56 Å². The van der Waals surface area contributed by atoms with E-state index in [0.717, 1.165) is 9.54 Å². The standard InChI is InChI=1S/C18H17BrN2O3S/c1-3-4-10-20-12-16(19)15-9-11-21(17(15)18(20)22)25(23,24)14-7-5-13(2)6-8-14/h3,5-9,11-12H,1,4,10H2,2H3. The molecule has 5 nitrogen and oxygen atoms in total. The molecule has 25 heavy (non-hydrogen) atoms. The lowest BCUT2D eigenvalue weighted by Gasteiger charge is -2.10. The van der Waals surface area contributed by atoms with E-state index in [4.69, 9.17) is 0 Å². The van der Waals surface area contributed by atoms with Crippen molar-refractivity contribution in [2.24, 2.45) is 0 Å². The van der Waals surface area contributed by atoms with Gasteiger partial charge in [-0.15, -0.1) is 6.58 Å². The molecule has 0 saturated carbocycles. The predicted molar refractivity (Wildman–Crippen MR) is 102 cm³/mol. The molecule has 0 spiro atoms. The van der Waals surface area contributed by atoms with E-state index in [-0.39, 0.29) is 16.0 Å². The first kappa shape index (κ1) is 17.7. The largest absolute Gasteiger partial charge is 0.312 e. The molecule has 0 unspecified atom stereocenters. The smallest absolute Gasteiger partial charge is 0.276 e. The third-order valence-electron chi connectivity index (χ3n) is 3.99. The third kappa shape index (κ3) is 3.09. The second kappa shape index (κ2) is 6.65. The van der Waals surface area contributed by atoms with Crippen molar-refractivity contribution < 1.29 is 8.42 Å². The zero-order valence-electron chi connectivity index (χ0n) is 13.6. The van der Waals surface area contributed by atoms with Gasteiger partial charge in [0.2, 0.25) is 0 Å². The molecule has 1 aromatic carbocycles. The molecule has 0 bridgehead atoms. The van der Waals surface area contributed by atoms with Gasteiger partial charge in [0, 0.05) is 28.8 Å². The minimum absolute atomic E-state index is 0.138. The molecule has 0 atom stereocenters. The van der Waals surface area contributed by atoms with E-state index in [2.05, 4.69) is 22.5 Å². The highest BCUT2D eigenvalue weighted by Crippen LogP contribution is 2.25. The Balaban J connectivity index is 2.26. The summed E-state index contributed by atoms with van der Waals surface area (Å²) in [5.74, 6) is 0. The fourth-order valence-electron chi connectivity index (χ4n) is 2.64. The van der Waals surface area contributed by atoms with Crippen LogP contribution in [-0.4, -0.2) is 17.0 Å². The van der Waals surface area contributed by atoms with Crippen molar-refractivity contribution in [3.05, 3.63) is 75.8 Å². The number of hydrogen-bond donors (Lipinski definition) is 0. The number of aromatic nitrogens is 2. The van der Waals surface area contributed by atoms with Gasteiger partial charge in [0.05, 0.1) is 4.90 Å². The molecule has 130 valence electrons. The molecule has 2 heterocycles. The average molecular weight is 421 g/mol. The van der Waals surface area contributed by atoms with Crippen LogP contribution in [0.2, 0.25) is 0 Å². The molecule has 0 aliphatic rings. The first-order valence-corrected chi connectivity index (χ1v) is 9.92. The first-order chi connectivity index (χ1) is 11.9. The van der Waals surface area contributed by atoms with Crippen molar-refractivity contribution in [3.8, 4) is 0 Å². The van der Waals surface area contributed by atoms with Crippen LogP contribution in [0, 0.1) is 6.92 Å². The SMILES string of the molecule is C=CCCn1cc(Br)c2ccn(S(=O)(=O)c3ccc(C)cc3)c2c1=O. The third-order valence-corrected chi connectivity index (χ3v) is 6.32. The number of benzene rings is 1. The van der Waals surface area contributed by atoms with Crippen LogP contribution in [0.3, 0.4) is 0 Å². The van der Waals surface area contributed by atoms with Gasteiger partial charge in [-0.1, -0.05) is 23.8 Å². The van der Waals surface area contributed by atoms with Gasteiger partial charge in [-0.05, 0) is 47.5 Å². The van der Waals surface area contributed by atoms with Crippen LogP contribution in [0.25, 0.3) is 10.9 Å². The van der Waals surface area contributed by atoms with Gasteiger partial charge in [-0.2, -0.15) is 0 Å². The van der Waals surface area contributed by atoms with Gasteiger partial charge in [-0.25, -0.2) is 12.4 Å². The van der Waals surface area contributed by atoms with Crippen molar-refractivity contribution in [2.75, 3.05) is 0 Å². The van der Waals surface area contributed by atoms with Gasteiger partial charge >= 0.3 is 0 Å². The Hall–Kier alpha value is -2.12. The molecule has 0 N–H and O–H groups in total. The van der Waals surface area contributed by atoms with E-state index in [1.807, 2.05) is 6.92 Å². The molecular weight excluding hydrogens is 404 g/mol. The maximum Gasteiger partial charge on any atom is 0.276 e. The van der Waals surface area contributed by atoms with Crippen molar-refractivity contribution in [3.63, 3.8) is 0 Å². The van der Waals surface area contributed by atoms with Crippen LogP contribution in [0.4, 0.5) is 0 Å². The molecule has 2 aromatic heterocycles. The molecule has 0 aliphatic heterocycles. The number of allylic oxidation sites excluding steroid dienone is 1. The number of nitrogens with zero attached hydrogens (tertiary/aromatic N) is 2. The summed E-state index contributed by atoms with van der Waals surface area (Å²) in [5, 5.41) is 0.565. The summed E-state index contributed by atoms with van der Waals surface area (Å²) >= 11 is 3.43. The molecule has 3 aromatic rings. The maximum absolute atomic E-state index is 13.0. The van der Waals surface area contributed by atoms with Crippen LogP contribution in [0.15, 0.2) is 69.5 Å². The van der Waals surface area contributed by atoms with Gasteiger partial charge < -0.3 is 4.57 Å². The van der Waals surface area contributed by atoms with E-state index < -0.39 is 10.0 Å². The number of aryl methyl sites for hydroxylation is 2. The maximum atomic E-state index is 13.0. The Morgan fingerprint density at radius 1 is 1.20 bits per heavy atom. The molecule has 0 saturated heterocycles. The summed E-state index contributed by atoms with van der Waals surface area (Å²) in [6.45, 7) is 5.98. The fourth-order valence-corrected chi connectivity index (χ4v) is 4.55. The molecule has 3 rings (SSSR count). The van der Waals surface area contributed by atoms with Gasteiger partial charge in [0.15, 0.2) is 0 Å². The van der Waals surface area contributed by atoms with E-state index in [0.29, 0.717) is 22.8 Å². The number of pyridine rings is 1. The summed E-state index contributed by atoms with van der Waals surface area (Å²) in [6, 6.07) is 8.19. The van der Waals surface area contributed by atoms with E-state index in [1.54, 1.807) is 42.6 Å². The summed E-state index contributed by atoms with van der Waals surface area (Å²) in [7, 11) is -3.85. The summed E-state index contributed by atoms with van der Waals surface area (Å²) in [6.07, 6.45) is 5.43. The lowest BCUT2D eigenvalue weighted by molar-refractivity contribution is 0.588. The Kier molecular flexibility index (Phi) is 4.71. The van der Waals surface area contributed by atoms with Crippen LogP contribution in [-0.2, 0) is 16.6 Å². The Labute approximate surface area is 154 Å². The van der Waals surface area contributed by atoms with Gasteiger partial charge in [0.25, 0.3) is 15.6 Å². The van der Waals surface area contributed by atoms with E-state index in [9.17, 15) is 13.2 Å². The van der Waals surface area contributed by atoms with Crippen molar-refractivity contribution in [1.82, 2.24) is 8.54 Å². The summed E-state index contributed by atoms with van der Waals surface area (Å²) in [4.78, 5) is 13.0. The normalized spacial score (nSPS) is 11.8. The van der Waals surface area contributed by atoms with Gasteiger partial charge in [-0.3, -0.25) is 4.79 Å². The number of fused-ring (bicyclic) bond motifs is 1. The topological polar surface area (TPSA) is 61.1 Å². The highest BCUT2D eigenvalue weighted by Gasteiger charge is 2.22. The minimum atomic E-state index is -3.85. The molecule has 0 radical (unpaired) electrons. The lowest BCUT2D eigenvalue weighted by Crippen LogP contribution is -2.24. The van der Waals surface area contributed by atoms with Crippen LogP contribution in [0.1, 0.15) is 12.0 Å². The zero-order valence-corrected chi connectivity index (χ0v) is 16.0. The van der Waals surface area contributed by atoms with Crippen molar-refractivity contribution in [1.29, 1.82) is 0 Å². The monoisotopic (exact) mass is 420 g/mol. The second-order valence-electron chi connectivity index (χ2n) is 5.74. The Bertz CT molecular complexity index is 1110. The Morgan fingerprint density at radius 3 is 2.52 bits per heavy atom. The van der Waals surface area contributed by atoms with Crippen molar-refractivity contribution in [2.45, 2.75) is 24.8 Å². The van der Waals surface area contributed by atoms with Crippen LogP contribution in [0.5, 0.6) is 0 Å². The highest BCUT2D eigenvalue weighted by molar-refractivity contribution is 9.10.